The zero-order valence-electron chi connectivity index (χ0n) is 8.22. The van der Waals surface area contributed by atoms with Gasteiger partial charge in [-0.1, -0.05) is 11.6 Å². The van der Waals surface area contributed by atoms with E-state index in [1.165, 1.54) is 0 Å². The van der Waals surface area contributed by atoms with Crippen molar-refractivity contribution in [1.29, 1.82) is 0 Å². The van der Waals surface area contributed by atoms with Crippen molar-refractivity contribution in [2.45, 2.75) is 12.8 Å². The van der Waals surface area contributed by atoms with E-state index in [2.05, 4.69) is 9.72 Å². The Morgan fingerprint density at radius 1 is 1.62 bits per heavy atom. The quantitative estimate of drug-likeness (QED) is 0.657. The van der Waals surface area contributed by atoms with Crippen LogP contribution in [0.25, 0.3) is 0 Å². The van der Waals surface area contributed by atoms with Gasteiger partial charge >= 0.3 is 5.97 Å². The minimum atomic E-state index is -2.97. The van der Waals surface area contributed by atoms with Crippen LogP contribution in [-0.4, -0.2) is 18.1 Å². The molecule has 7 heteroatoms. The molecular weight excluding hydrogens is 244 g/mol. The van der Waals surface area contributed by atoms with E-state index >= 15 is 0 Å². The largest absolute Gasteiger partial charge is 0.469 e. The molecule has 1 N–H and O–H groups in total. The zero-order chi connectivity index (χ0) is 12.3. The predicted molar refractivity (Wildman–Crippen MR) is 52.7 cm³/mol. The Hall–Kier alpha value is -1.43. The molecule has 0 aliphatic rings. The highest BCUT2D eigenvalue weighted by Crippen LogP contribution is 2.20. The number of aromatic amines is 1. The number of rotatable bonds is 3. The molecule has 88 valence electrons. The van der Waals surface area contributed by atoms with Gasteiger partial charge in [0, 0.05) is 11.8 Å². The lowest BCUT2D eigenvalue weighted by Crippen LogP contribution is -2.17. The van der Waals surface area contributed by atoms with Gasteiger partial charge in [-0.3, -0.25) is 9.59 Å². The molecule has 0 spiro atoms. The Morgan fingerprint density at radius 3 is 2.75 bits per heavy atom. The SMILES string of the molecule is COC(=O)Cc1[nH]c(Cl)cc(=O)c1C(F)F. The standard InChI is InChI=1S/C9H8ClF2NO3/c1-16-7(15)2-4-8(9(11)12)5(14)3-6(10)13-4/h3,9H,2H2,1H3,(H,13,14). The Labute approximate surface area is 94.2 Å². The maximum atomic E-state index is 12.6. The molecule has 0 bridgehead atoms. The summed E-state index contributed by atoms with van der Waals surface area (Å²) < 4.78 is 29.4. The fourth-order valence-corrected chi connectivity index (χ4v) is 1.40. The van der Waals surface area contributed by atoms with E-state index < -0.39 is 29.8 Å². The van der Waals surface area contributed by atoms with Crippen molar-refractivity contribution in [1.82, 2.24) is 4.98 Å². The van der Waals surface area contributed by atoms with Gasteiger partial charge in [0.1, 0.15) is 5.15 Å². The van der Waals surface area contributed by atoms with E-state index in [1.807, 2.05) is 0 Å². The lowest BCUT2D eigenvalue weighted by atomic mass is 10.1. The van der Waals surface area contributed by atoms with E-state index in [1.54, 1.807) is 0 Å². The summed E-state index contributed by atoms with van der Waals surface area (Å²) in [6.07, 6.45) is -3.42. The summed E-state index contributed by atoms with van der Waals surface area (Å²) in [4.78, 5) is 24.5. The summed E-state index contributed by atoms with van der Waals surface area (Å²) in [6, 6.07) is 0.837. The van der Waals surface area contributed by atoms with Crippen molar-refractivity contribution >= 4 is 17.6 Å². The minimum Gasteiger partial charge on any atom is -0.469 e. The second kappa shape index (κ2) is 5.07. The number of carbonyl (C=O) groups excluding carboxylic acids is 1. The van der Waals surface area contributed by atoms with Crippen molar-refractivity contribution in [3.8, 4) is 0 Å². The third kappa shape index (κ3) is 2.79. The molecule has 0 aliphatic carbocycles. The maximum absolute atomic E-state index is 12.6. The molecule has 1 aromatic heterocycles. The molecule has 0 saturated carbocycles. The van der Waals surface area contributed by atoms with E-state index in [-0.39, 0.29) is 10.8 Å². The van der Waals surface area contributed by atoms with Gasteiger partial charge in [0.05, 0.1) is 19.1 Å². The number of alkyl halides is 2. The second-order valence-corrected chi connectivity index (χ2v) is 3.33. The summed E-state index contributed by atoms with van der Waals surface area (Å²) in [5, 5.41) is -0.103. The molecule has 0 saturated heterocycles. The fraction of sp³-hybridized carbons (Fsp3) is 0.333. The van der Waals surface area contributed by atoms with Gasteiger partial charge in [0.15, 0.2) is 5.43 Å². The molecule has 0 aromatic carbocycles. The van der Waals surface area contributed by atoms with Gasteiger partial charge in [-0.25, -0.2) is 8.78 Å². The van der Waals surface area contributed by atoms with Crippen LogP contribution in [-0.2, 0) is 16.0 Å². The first kappa shape index (κ1) is 12.6. The van der Waals surface area contributed by atoms with Crippen molar-refractivity contribution in [2.24, 2.45) is 0 Å². The van der Waals surface area contributed by atoms with Crippen LogP contribution < -0.4 is 5.43 Å². The molecule has 0 radical (unpaired) electrons. The van der Waals surface area contributed by atoms with E-state index in [0.29, 0.717) is 0 Å². The van der Waals surface area contributed by atoms with Gasteiger partial charge in [-0.15, -0.1) is 0 Å². The first-order valence-electron chi connectivity index (χ1n) is 4.22. The van der Waals surface area contributed by atoms with Crippen LogP contribution in [0.3, 0.4) is 0 Å². The normalized spacial score (nSPS) is 10.6. The van der Waals surface area contributed by atoms with E-state index in [4.69, 9.17) is 11.6 Å². The maximum Gasteiger partial charge on any atom is 0.311 e. The van der Waals surface area contributed by atoms with Crippen molar-refractivity contribution < 1.29 is 18.3 Å². The van der Waals surface area contributed by atoms with Crippen LogP contribution in [0.5, 0.6) is 0 Å². The highest BCUT2D eigenvalue weighted by atomic mass is 35.5. The minimum absolute atomic E-state index is 0.103. The number of aromatic nitrogens is 1. The number of esters is 1. The summed E-state index contributed by atoms with van der Waals surface area (Å²) in [5.74, 6) is -0.736. The number of methoxy groups -OCH3 is 1. The first-order valence-corrected chi connectivity index (χ1v) is 4.60. The number of H-pyrrole nitrogens is 1. The van der Waals surface area contributed by atoms with Gasteiger partial charge < -0.3 is 9.72 Å². The fourth-order valence-electron chi connectivity index (χ4n) is 1.18. The molecular formula is C9H8ClF2NO3. The van der Waals surface area contributed by atoms with E-state index in [9.17, 15) is 18.4 Å². The smallest absolute Gasteiger partial charge is 0.311 e. The van der Waals surface area contributed by atoms with Crippen LogP contribution in [0.1, 0.15) is 17.7 Å². The topological polar surface area (TPSA) is 59.2 Å². The summed E-state index contributed by atoms with van der Waals surface area (Å²) in [6.45, 7) is 0. The van der Waals surface area contributed by atoms with Crippen LogP contribution in [0.2, 0.25) is 5.15 Å². The van der Waals surface area contributed by atoms with Crippen molar-refractivity contribution in [3.63, 3.8) is 0 Å². The Balaban J connectivity index is 3.24. The molecule has 1 aromatic rings. The van der Waals surface area contributed by atoms with Gasteiger partial charge in [-0.05, 0) is 0 Å². The molecule has 0 aliphatic heterocycles. The predicted octanol–water partition coefficient (Wildman–Crippen LogP) is 1.68. The van der Waals surface area contributed by atoms with Crippen LogP contribution in [0.4, 0.5) is 8.78 Å². The van der Waals surface area contributed by atoms with Gasteiger partial charge in [0.2, 0.25) is 0 Å². The number of hydrogen-bond donors (Lipinski definition) is 1. The average molecular weight is 252 g/mol. The lowest BCUT2D eigenvalue weighted by Gasteiger charge is -2.07. The molecule has 1 rings (SSSR count). The number of ether oxygens (including phenoxy) is 1. The molecule has 0 fully saturated rings. The van der Waals surface area contributed by atoms with Crippen LogP contribution in [0, 0.1) is 0 Å². The molecule has 16 heavy (non-hydrogen) atoms. The zero-order valence-corrected chi connectivity index (χ0v) is 8.98. The van der Waals surface area contributed by atoms with Crippen molar-refractivity contribution in [2.75, 3.05) is 7.11 Å². The number of halogens is 3. The number of pyridine rings is 1. The number of carbonyl (C=O) groups is 1. The highest BCUT2D eigenvalue weighted by Gasteiger charge is 2.20. The van der Waals surface area contributed by atoms with Crippen molar-refractivity contribution in [3.05, 3.63) is 32.7 Å². The third-order valence-corrected chi connectivity index (χ3v) is 2.09. The molecule has 0 unspecified atom stereocenters. The summed E-state index contributed by atoms with van der Waals surface area (Å²) >= 11 is 5.50. The third-order valence-electron chi connectivity index (χ3n) is 1.89. The van der Waals surface area contributed by atoms with Gasteiger partial charge in [0.25, 0.3) is 6.43 Å². The van der Waals surface area contributed by atoms with Crippen LogP contribution >= 0.6 is 11.6 Å². The van der Waals surface area contributed by atoms with Crippen LogP contribution in [0.15, 0.2) is 10.9 Å². The number of hydrogen-bond acceptors (Lipinski definition) is 3. The Morgan fingerprint density at radius 2 is 2.25 bits per heavy atom. The van der Waals surface area contributed by atoms with E-state index in [0.717, 1.165) is 13.2 Å². The Bertz CT molecular complexity index is 459. The van der Waals surface area contributed by atoms with Gasteiger partial charge in [-0.2, -0.15) is 0 Å². The summed E-state index contributed by atoms with van der Waals surface area (Å²) in [5.41, 5.74) is -1.88. The molecule has 4 nitrogen and oxygen atoms in total. The average Bonchev–Trinajstić information content (AvgIpc) is 2.15. The Kier molecular flexibility index (Phi) is 4.00. The second-order valence-electron chi connectivity index (χ2n) is 2.93. The lowest BCUT2D eigenvalue weighted by molar-refractivity contribution is -0.139. The molecule has 1 heterocycles. The summed E-state index contributed by atoms with van der Waals surface area (Å²) in [7, 11) is 1.12. The highest BCUT2D eigenvalue weighted by molar-refractivity contribution is 6.29. The number of nitrogens with one attached hydrogen (secondary N) is 1. The monoisotopic (exact) mass is 251 g/mol. The molecule has 0 amide bonds. The first-order chi connectivity index (χ1) is 7.45. The molecule has 0 atom stereocenters.